The highest BCUT2D eigenvalue weighted by atomic mass is 16.2. The van der Waals surface area contributed by atoms with Crippen LogP contribution < -0.4 is 4.90 Å². The molecule has 1 aromatic carbocycles. The van der Waals surface area contributed by atoms with Gasteiger partial charge in [0.05, 0.1) is 17.4 Å². The SMILES string of the molecule is C#CC1CC(=O)N(c2cccc3cnn(C)c23)C1. The van der Waals surface area contributed by atoms with Crippen molar-refractivity contribution in [3.05, 3.63) is 24.4 Å². The molecule has 0 radical (unpaired) electrons. The lowest BCUT2D eigenvalue weighted by molar-refractivity contribution is -0.117. The lowest BCUT2D eigenvalue weighted by atomic mass is 10.1. The van der Waals surface area contributed by atoms with Gasteiger partial charge in [-0.3, -0.25) is 9.48 Å². The first-order valence-electron chi connectivity index (χ1n) is 5.88. The third-order valence-electron chi connectivity index (χ3n) is 3.39. The van der Waals surface area contributed by atoms with Gasteiger partial charge in [0, 0.05) is 31.3 Å². The van der Waals surface area contributed by atoms with E-state index in [1.807, 2.05) is 25.2 Å². The Bertz CT molecular complexity index is 665. The van der Waals surface area contributed by atoms with Crippen LogP contribution in [-0.2, 0) is 11.8 Å². The number of terminal acetylenes is 1. The molecule has 3 rings (SSSR count). The monoisotopic (exact) mass is 239 g/mol. The van der Waals surface area contributed by atoms with Crippen LogP contribution in [0.15, 0.2) is 24.4 Å². The lowest BCUT2D eigenvalue weighted by Gasteiger charge is -2.17. The molecule has 1 aliphatic heterocycles. The lowest BCUT2D eigenvalue weighted by Crippen LogP contribution is -2.25. The third kappa shape index (κ3) is 1.48. The van der Waals surface area contributed by atoms with Gasteiger partial charge in [0.25, 0.3) is 0 Å². The summed E-state index contributed by atoms with van der Waals surface area (Å²) in [6.45, 7) is 0.597. The van der Waals surface area contributed by atoms with E-state index in [0.29, 0.717) is 13.0 Å². The van der Waals surface area contributed by atoms with Gasteiger partial charge in [-0.25, -0.2) is 0 Å². The number of nitrogens with zero attached hydrogens (tertiary/aromatic N) is 3. The summed E-state index contributed by atoms with van der Waals surface area (Å²) in [5.41, 5.74) is 1.87. The Hall–Kier alpha value is -2.28. The standard InChI is InChI=1S/C14H13N3O/c1-3-10-7-13(18)17(9-10)12-6-4-5-11-8-15-16(2)14(11)12/h1,4-6,8,10H,7,9H2,2H3. The topological polar surface area (TPSA) is 38.1 Å². The number of para-hydroxylation sites is 1. The van der Waals surface area contributed by atoms with Gasteiger partial charge in [0.15, 0.2) is 0 Å². The smallest absolute Gasteiger partial charge is 0.228 e. The summed E-state index contributed by atoms with van der Waals surface area (Å²) < 4.78 is 1.79. The normalized spacial score (nSPS) is 19.4. The Labute approximate surface area is 105 Å². The molecule has 90 valence electrons. The van der Waals surface area contributed by atoms with E-state index >= 15 is 0 Å². The second kappa shape index (κ2) is 3.88. The van der Waals surface area contributed by atoms with E-state index in [1.165, 1.54) is 0 Å². The zero-order valence-electron chi connectivity index (χ0n) is 10.1. The van der Waals surface area contributed by atoms with Crippen LogP contribution in [0.4, 0.5) is 5.69 Å². The predicted octanol–water partition coefficient (Wildman–Crippen LogP) is 1.56. The predicted molar refractivity (Wildman–Crippen MR) is 70.0 cm³/mol. The van der Waals surface area contributed by atoms with Crippen LogP contribution in [0.25, 0.3) is 10.9 Å². The molecule has 1 fully saturated rings. The molecular weight excluding hydrogens is 226 g/mol. The second-order valence-corrected chi connectivity index (χ2v) is 4.56. The first-order valence-corrected chi connectivity index (χ1v) is 5.88. The highest BCUT2D eigenvalue weighted by Crippen LogP contribution is 2.30. The number of carbonyl (C=O) groups excluding carboxylic acids is 1. The quantitative estimate of drug-likeness (QED) is 0.708. The van der Waals surface area contributed by atoms with Crippen LogP contribution >= 0.6 is 0 Å². The van der Waals surface area contributed by atoms with Gasteiger partial charge in [0.2, 0.25) is 5.91 Å². The molecule has 4 heteroatoms. The molecule has 2 aromatic rings. The highest BCUT2D eigenvalue weighted by Gasteiger charge is 2.30. The zero-order valence-corrected chi connectivity index (χ0v) is 10.1. The van der Waals surface area contributed by atoms with Gasteiger partial charge < -0.3 is 4.90 Å². The molecule has 1 aliphatic rings. The van der Waals surface area contributed by atoms with Crippen molar-refractivity contribution in [1.82, 2.24) is 9.78 Å². The number of rotatable bonds is 1. The molecule has 0 bridgehead atoms. The number of aryl methyl sites for hydroxylation is 1. The number of fused-ring (bicyclic) bond motifs is 1. The zero-order chi connectivity index (χ0) is 12.7. The summed E-state index contributed by atoms with van der Waals surface area (Å²) in [7, 11) is 1.88. The van der Waals surface area contributed by atoms with Gasteiger partial charge in [-0.15, -0.1) is 12.3 Å². The molecule has 1 amide bonds. The van der Waals surface area contributed by atoms with E-state index < -0.39 is 0 Å². The van der Waals surface area contributed by atoms with Gasteiger partial charge in [-0.05, 0) is 6.07 Å². The Morgan fingerprint density at radius 3 is 3.06 bits per heavy atom. The number of benzene rings is 1. The van der Waals surface area contributed by atoms with E-state index in [9.17, 15) is 4.79 Å². The maximum absolute atomic E-state index is 12.0. The minimum atomic E-state index is 0.0148. The van der Waals surface area contributed by atoms with Crippen LogP contribution in [0.1, 0.15) is 6.42 Å². The second-order valence-electron chi connectivity index (χ2n) is 4.56. The molecule has 1 aromatic heterocycles. The molecule has 2 heterocycles. The van der Waals surface area contributed by atoms with Crippen molar-refractivity contribution in [3.8, 4) is 12.3 Å². The maximum atomic E-state index is 12.0. The summed E-state index contributed by atoms with van der Waals surface area (Å²) in [6, 6.07) is 5.88. The molecule has 0 aliphatic carbocycles. The summed E-state index contributed by atoms with van der Waals surface area (Å²) >= 11 is 0. The molecule has 0 saturated carbocycles. The summed E-state index contributed by atoms with van der Waals surface area (Å²) in [6.07, 6.45) is 7.65. The minimum Gasteiger partial charge on any atom is -0.309 e. The molecule has 1 saturated heterocycles. The largest absolute Gasteiger partial charge is 0.309 e. The minimum absolute atomic E-state index is 0.0148. The first-order chi connectivity index (χ1) is 8.70. The van der Waals surface area contributed by atoms with E-state index in [2.05, 4.69) is 11.0 Å². The molecule has 4 nitrogen and oxygen atoms in total. The van der Waals surface area contributed by atoms with Crippen molar-refractivity contribution >= 4 is 22.5 Å². The van der Waals surface area contributed by atoms with Crippen molar-refractivity contribution in [2.24, 2.45) is 13.0 Å². The Morgan fingerprint density at radius 1 is 1.50 bits per heavy atom. The molecule has 18 heavy (non-hydrogen) atoms. The van der Waals surface area contributed by atoms with E-state index in [4.69, 9.17) is 6.42 Å². The van der Waals surface area contributed by atoms with E-state index in [1.54, 1.807) is 15.8 Å². The third-order valence-corrected chi connectivity index (χ3v) is 3.39. The maximum Gasteiger partial charge on any atom is 0.228 e. The number of anilines is 1. The van der Waals surface area contributed by atoms with Gasteiger partial charge in [-0.1, -0.05) is 12.1 Å². The van der Waals surface area contributed by atoms with Crippen molar-refractivity contribution in [2.45, 2.75) is 6.42 Å². The Kier molecular flexibility index (Phi) is 2.34. The molecular formula is C14H13N3O. The van der Waals surface area contributed by atoms with Crippen molar-refractivity contribution in [1.29, 1.82) is 0 Å². The Morgan fingerprint density at radius 2 is 2.33 bits per heavy atom. The molecule has 1 atom stereocenters. The summed E-state index contributed by atoms with van der Waals surface area (Å²) in [5.74, 6) is 2.77. The molecule has 0 spiro atoms. The van der Waals surface area contributed by atoms with Crippen LogP contribution in [-0.4, -0.2) is 22.2 Å². The van der Waals surface area contributed by atoms with E-state index in [0.717, 1.165) is 16.6 Å². The van der Waals surface area contributed by atoms with Gasteiger partial charge >= 0.3 is 0 Å². The average molecular weight is 239 g/mol. The van der Waals surface area contributed by atoms with Crippen LogP contribution in [0.3, 0.4) is 0 Å². The fraction of sp³-hybridized carbons (Fsp3) is 0.286. The molecule has 0 N–H and O–H groups in total. The molecule has 1 unspecified atom stereocenters. The number of amides is 1. The van der Waals surface area contributed by atoms with Gasteiger partial charge in [0.1, 0.15) is 0 Å². The fourth-order valence-electron chi connectivity index (χ4n) is 2.48. The summed E-state index contributed by atoms with van der Waals surface area (Å²) in [4.78, 5) is 13.8. The van der Waals surface area contributed by atoms with E-state index in [-0.39, 0.29) is 11.8 Å². The van der Waals surface area contributed by atoms with Crippen molar-refractivity contribution < 1.29 is 4.79 Å². The number of hydrogen-bond donors (Lipinski definition) is 0. The Balaban J connectivity index is 2.13. The summed E-state index contributed by atoms with van der Waals surface area (Å²) in [5, 5.41) is 5.26. The number of aromatic nitrogens is 2. The van der Waals surface area contributed by atoms with Crippen LogP contribution in [0, 0.1) is 18.3 Å². The first kappa shape index (κ1) is 10.8. The number of hydrogen-bond acceptors (Lipinski definition) is 2. The van der Waals surface area contributed by atoms with Crippen LogP contribution in [0.2, 0.25) is 0 Å². The van der Waals surface area contributed by atoms with Crippen LogP contribution in [0.5, 0.6) is 0 Å². The number of carbonyl (C=O) groups is 1. The fourth-order valence-corrected chi connectivity index (χ4v) is 2.48. The van der Waals surface area contributed by atoms with Gasteiger partial charge in [-0.2, -0.15) is 5.10 Å². The van der Waals surface area contributed by atoms with Crippen molar-refractivity contribution in [3.63, 3.8) is 0 Å². The highest BCUT2D eigenvalue weighted by molar-refractivity contribution is 6.03. The van der Waals surface area contributed by atoms with Crippen molar-refractivity contribution in [2.75, 3.05) is 11.4 Å². The average Bonchev–Trinajstić information content (AvgIpc) is 2.93.